The Morgan fingerprint density at radius 3 is 2.06 bits per heavy atom. The minimum Gasteiger partial charge on any atom is -0.493 e. The third-order valence-electron chi connectivity index (χ3n) is 8.62. The molecule has 0 N–H and O–H groups in total. The van der Waals surface area contributed by atoms with Gasteiger partial charge in [0.05, 0.1) is 29.5 Å². The third kappa shape index (κ3) is 8.09. The van der Waals surface area contributed by atoms with Gasteiger partial charge in [-0.25, -0.2) is 25.9 Å². The Morgan fingerprint density at radius 1 is 0.960 bits per heavy atom. The molecule has 0 aliphatic carbocycles. The summed E-state index contributed by atoms with van der Waals surface area (Å²) < 4.78 is 57.7. The van der Waals surface area contributed by atoms with Gasteiger partial charge >= 0.3 is 6.03 Å². The number of nitrogens with zero attached hydrogens (tertiary/aromatic N) is 6. The molecule has 0 spiro atoms. The topological polar surface area (TPSA) is 144 Å². The van der Waals surface area contributed by atoms with E-state index in [1.54, 1.807) is 41.0 Å². The van der Waals surface area contributed by atoms with Crippen LogP contribution in [-0.4, -0.2) is 113 Å². The molecule has 2 amide bonds. The second-order valence-electron chi connectivity index (χ2n) is 12.2. The number of carbonyl (C=O) groups excluding carboxylic acids is 1. The van der Waals surface area contributed by atoms with E-state index in [-0.39, 0.29) is 46.0 Å². The number of carbonyl (C=O) groups is 1. The number of halogens is 2. The summed E-state index contributed by atoms with van der Waals surface area (Å²) in [6.45, 7) is 3.86. The highest BCUT2D eigenvalue weighted by Gasteiger charge is 2.45. The van der Waals surface area contributed by atoms with Gasteiger partial charge in [-0.05, 0) is 48.4 Å². The van der Waals surface area contributed by atoms with E-state index in [0.29, 0.717) is 42.8 Å². The Bertz CT molecular complexity index is 2030. The number of amides is 2. The predicted octanol–water partition coefficient (Wildman–Crippen LogP) is 4.84. The van der Waals surface area contributed by atoms with E-state index in [0.717, 1.165) is 15.4 Å². The highest BCUT2D eigenvalue weighted by Crippen LogP contribution is 2.46. The predicted molar refractivity (Wildman–Crippen MR) is 193 cm³/mol. The molecule has 0 radical (unpaired) electrons. The molecule has 16 heteroatoms. The van der Waals surface area contributed by atoms with Gasteiger partial charge in [0.15, 0.2) is 0 Å². The number of nitriles is 1. The molecule has 0 unspecified atom stereocenters. The average Bonchev–Trinajstić information content (AvgIpc) is 3.47. The van der Waals surface area contributed by atoms with Crippen LogP contribution in [-0.2, 0) is 19.9 Å². The standard InChI is InChI=1S/C34H38Cl2N6O6S2/c1-5-48-29-20-25(22-37)30(50(46,47)39(2)3)21-28(29)33-38-31(23-6-10-26(35)11-7-23)32(24-8-12-27(36)13-9-24)42(33)34(43)41-16-14-40(15-17-41)18-19-49(4,44)45/h6-13,20-21,31-32H,5,14-19H2,1-4H3/t31-,32+/m0/s1. The van der Waals surface area contributed by atoms with Crippen molar-refractivity contribution in [2.75, 3.05) is 65.4 Å². The zero-order valence-electron chi connectivity index (χ0n) is 28.1. The Labute approximate surface area is 303 Å². The molecule has 1 saturated heterocycles. The van der Waals surface area contributed by atoms with Crippen LogP contribution in [0.4, 0.5) is 4.79 Å². The fourth-order valence-corrected chi connectivity index (χ4v) is 7.86. The van der Waals surface area contributed by atoms with Gasteiger partial charge in [0.2, 0.25) is 10.0 Å². The molecule has 0 saturated carbocycles. The molecule has 2 aliphatic rings. The van der Waals surface area contributed by atoms with Crippen molar-refractivity contribution in [3.05, 3.63) is 93.0 Å². The third-order valence-corrected chi connectivity index (χ3v) is 11.9. The molecule has 0 aromatic heterocycles. The molecule has 266 valence electrons. The van der Waals surface area contributed by atoms with Crippen molar-refractivity contribution in [3.8, 4) is 11.8 Å². The normalized spacial score (nSPS) is 18.6. The summed E-state index contributed by atoms with van der Waals surface area (Å²) in [6.07, 6.45) is 1.20. The fraction of sp³-hybridized carbons (Fsp3) is 0.382. The maximum Gasteiger partial charge on any atom is 0.326 e. The van der Waals surface area contributed by atoms with Crippen LogP contribution in [0, 0.1) is 11.3 Å². The summed E-state index contributed by atoms with van der Waals surface area (Å²) in [5, 5.41) is 11.0. The van der Waals surface area contributed by atoms with Gasteiger partial charge in [0.25, 0.3) is 0 Å². The lowest BCUT2D eigenvalue weighted by Gasteiger charge is -2.39. The maximum absolute atomic E-state index is 14.9. The number of urea groups is 1. The number of amidine groups is 1. The van der Waals surface area contributed by atoms with Crippen molar-refractivity contribution in [1.82, 2.24) is 19.0 Å². The Kier molecular flexibility index (Phi) is 11.5. The van der Waals surface area contributed by atoms with Crippen LogP contribution in [0.2, 0.25) is 10.0 Å². The Balaban J connectivity index is 1.69. The number of aliphatic imine (C=N–C) groups is 1. The molecule has 3 aromatic carbocycles. The Hall–Kier alpha value is -3.71. The van der Waals surface area contributed by atoms with Crippen molar-refractivity contribution in [3.63, 3.8) is 0 Å². The number of hydrogen-bond acceptors (Lipinski definition) is 9. The van der Waals surface area contributed by atoms with E-state index in [4.69, 9.17) is 32.9 Å². The van der Waals surface area contributed by atoms with Crippen molar-refractivity contribution >= 4 is 54.9 Å². The number of hydrogen-bond donors (Lipinski definition) is 0. The van der Waals surface area contributed by atoms with E-state index in [1.807, 2.05) is 35.2 Å². The van der Waals surface area contributed by atoms with Gasteiger partial charge in [-0.2, -0.15) is 5.26 Å². The number of piperazine rings is 1. The number of rotatable bonds is 10. The van der Waals surface area contributed by atoms with E-state index in [2.05, 4.69) is 0 Å². The smallest absolute Gasteiger partial charge is 0.326 e. The van der Waals surface area contributed by atoms with Gasteiger partial charge in [-0.1, -0.05) is 47.5 Å². The summed E-state index contributed by atoms with van der Waals surface area (Å²) >= 11 is 12.6. The van der Waals surface area contributed by atoms with Crippen LogP contribution in [0.3, 0.4) is 0 Å². The van der Waals surface area contributed by atoms with Gasteiger partial charge in [-0.15, -0.1) is 0 Å². The molecule has 2 atom stereocenters. The van der Waals surface area contributed by atoms with Crippen molar-refractivity contribution in [2.45, 2.75) is 23.9 Å². The lowest BCUT2D eigenvalue weighted by molar-refractivity contribution is 0.122. The lowest BCUT2D eigenvalue weighted by atomic mass is 9.93. The van der Waals surface area contributed by atoms with Crippen molar-refractivity contribution < 1.29 is 26.4 Å². The second kappa shape index (κ2) is 15.3. The molecule has 2 aliphatic heterocycles. The van der Waals surface area contributed by atoms with Crippen LogP contribution < -0.4 is 4.74 Å². The molecule has 1 fully saturated rings. The zero-order chi connectivity index (χ0) is 36.4. The minimum absolute atomic E-state index is 0.0162. The van der Waals surface area contributed by atoms with Gasteiger partial charge in [0, 0.05) is 69.2 Å². The van der Waals surface area contributed by atoms with Crippen molar-refractivity contribution in [1.29, 1.82) is 5.26 Å². The van der Waals surface area contributed by atoms with Crippen LogP contribution in [0.15, 0.2) is 70.6 Å². The summed E-state index contributed by atoms with van der Waals surface area (Å²) in [7, 11) is -4.53. The van der Waals surface area contributed by atoms with Crippen LogP contribution in [0.1, 0.15) is 41.3 Å². The molecule has 2 heterocycles. The summed E-state index contributed by atoms with van der Waals surface area (Å²) in [5.41, 5.74) is 1.58. The van der Waals surface area contributed by atoms with E-state index in [1.165, 1.54) is 32.5 Å². The molecule has 3 aromatic rings. The van der Waals surface area contributed by atoms with Crippen LogP contribution in [0.25, 0.3) is 0 Å². The molecule has 5 rings (SSSR count). The minimum atomic E-state index is -4.12. The fourth-order valence-electron chi connectivity index (χ4n) is 5.97. The number of sulfonamides is 1. The summed E-state index contributed by atoms with van der Waals surface area (Å²) in [5.74, 6) is 0.371. The first-order valence-electron chi connectivity index (χ1n) is 15.9. The lowest BCUT2D eigenvalue weighted by Crippen LogP contribution is -2.54. The summed E-state index contributed by atoms with van der Waals surface area (Å²) in [6, 6.07) is 17.2. The number of benzene rings is 3. The summed E-state index contributed by atoms with van der Waals surface area (Å²) in [4.78, 5) is 25.0. The second-order valence-corrected chi connectivity index (χ2v) is 17.5. The molecule has 50 heavy (non-hydrogen) atoms. The van der Waals surface area contributed by atoms with Crippen molar-refractivity contribution in [2.24, 2.45) is 4.99 Å². The zero-order valence-corrected chi connectivity index (χ0v) is 31.2. The van der Waals surface area contributed by atoms with Crippen LogP contribution in [0.5, 0.6) is 5.75 Å². The SMILES string of the molecule is CCOc1cc(C#N)c(S(=O)(=O)N(C)C)cc1C1=N[C@@H](c2ccc(Cl)cc2)[C@@H](c2ccc(Cl)cc2)N1C(=O)N1CCN(CCS(C)(=O)=O)CC1. The highest BCUT2D eigenvalue weighted by molar-refractivity contribution is 7.90. The highest BCUT2D eigenvalue weighted by atomic mass is 35.5. The molecule has 12 nitrogen and oxygen atoms in total. The van der Waals surface area contributed by atoms with Crippen LogP contribution >= 0.6 is 23.2 Å². The molecule has 0 bridgehead atoms. The first kappa shape index (κ1) is 37.5. The van der Waals surface area contributed by atoms with E-state index in [9.17, 15) is 26.9 Å². The molecular weight excluding hydrogens is 723 g/mol. The monoisotopic (exact) mass is 760 g/mol. The first-order chi connectivity index (χ1) is 23.6. The largest absolute Gasteiger partial charge is 0.493 e. The van der Waals surface area contributed by atoms with E-state index < -0.39 is 31.9 Å². The van der Waals surface area contributed by atoms with E-state index >= 15 is 0 Å². The average molecular weight is 762 g/mol. The Morgan fingerprint density at radius 2 is 1.54 bits per heavy atom. The first-order valence-corrected chi connectivity index (χ1v) is 20.1. The van der Waals surface area contributed by atoms with Gasteiger partial charge in [-0.3, -0.25) is 14.8 Å². The maximum atomic E-state index is 14.9. The van der Waals surface area contributed by atoms with Gasteiger partial charge in [0.1, 0.15) is 38.4 Å². The quantitative estimate of drug-likeness (QED) is 0.286. The number of ether oxygens (including phenoxy) is 1. The molecular formula is C34H38Cl2N6O6S2. The number of sulfone groups is 1. The van der Waals surface area contributed by atoms with Gasteiger partial charge < -0.3 is 9.64 Å².